The van der Waals surface area contributed by atoms with E-state index < -0.39 is 15.8 Å². The summed E-state index contributed by atoms with van der Waals surface area (Å²) in [6.07, 6.45) is 2.06. The number of nitrogens with one attached hydrogen (secondary N) is 2. The lowest BCUT2D eigenvalue weighted by atomic mass is 10.1. The molecule has 0 unspecified atom stereocenters. The number of benzene rings is 2. The molecular weight excluding hydrogens is 461 g/mol. The van der Waals surface area contributed by atoms with Crippen molar-refractivity contribution in [2.24, 2.45) is 0 Å². The first-order valence-electron chi connectivity index (χ1n) is 11.3. The van der Waals surface area contributed by atoms with Crippen LogP contribution in [0.25, 0.3) is 0 Å². The van der Waals surface area contributed by atoms with Gasteiger partial charge in [0.05, 0.1) is 4.90 Å². The van der Waals surface area contributed by atoms with Crippen LogP contribution in [0.3, 0.4) is 0 Å². The number of nitrogens with zero attached hydrogens (tertiary/aromatic N) is 1. The first-order chi connectivity index (χ1) is 16.3. The Morgan fingerprint density at radius 3 is 2.65 bits per heavy atom. The predicted molar refractivity (Wildman–Crippen MR) is 126 cm³/mol. The van der Waals surface area contributed by atoms with E-state index in [0.717, 1.165) is 56.0 Å². The van der Waals surface area contributed by atoms with E-state index in [4.69, 9.17) is 9.47 Å². The second-order valence-electron chi connectivity index (χ2n) is 8.20. The Kier molecular flexibility index (Phi) is 9.82. The van der Waals surface area contributed by atoms with Crippen LogP contribution in [0.2, 0.25) is 0 Å². The molecule has 0 saturated carbocycles. The third kappa shape index (κ3) is 8.35. The Bertz CT molecular complexity index is 1030. The molecule has 1 aliphatic rings. The van der Waals surface area contributed by atoms with Gasteiger partial charge in [0, 0.05) is 45.3 Å². The molecule has 2 aromatic rings. The third-order valence-corrected chi connectivity index (χ3v) is 7.16. The predicted octanol–water partition coefficient (Wildman–Crippen LogP) is 2.30. The van der Waals surface area contributed by atoms with Gasteiger partial charge in [-0.25, -0.2) is 17.5 Å². The highest BCUT2D eigenvalue weighted by molar-refractivity contribution is 7.89. The van der Waals surface area contributed by atoms with Gasteiger partial charge >= 0.3 is 0 Å². The van der Waals surface area contributed by atoms with Crippen molar-refractivity contribution < 1.29 is 27.1 Å². The Morgan fingerprint density at radius 1 is 1.18 bits per heavy atom. The Morgan fingerprint density at radius 2 is 1.91 bits per heavy atom. The second kappa shape index (κ2) is 12.8. The molecule has 186 valence electrons. The summed E-state index contributed by atoms with van der Waals surface area (Å²) < 4.78 is 50.9. The Balaban J connectivity index is 1.36. The largest absolute Gasteiger partial charge is 0.492 e. The van der Waals surface area contributed by atoms with Gasteiger partial charge in [0.25, 0.3) is 0 Å². The van der Waals surface area contributed by atoms with Gasteiger partial charge < -0.3 is 14.8 Å². The van der Waals surface area contributed by atoms with Crippen LogP contribution in [-0.4, -0.2) is 65.2 Å². The summed E-state index contributed by atoms with van der Waals surface area (Å²) in [5.41, 5.74) is 0.885. The van der Waals surface area contributed by atoms with Gasteiger partial charge in [-0.2, -0.15) is 0 Å². The lowest BCUT2D eigenvalue weighted by Gasteiger charge is -2.31. The molecule has 1 fully saturated rings. The van der Waals surface area contributed by atoms with E-state index in [1.807, 2.05) is 24.3 Å². The summed E-state index contributed by atoms with van der Waals surface area (Å²) in [6.45, 7) is 3.25. The number of ether oxygens (including phenoxy) is 2. The van der Waals surface area contributed by atoms with Gasteiger partial charge in [-0.3, -0.25) is 9.69 Å². The summed E-state index contributed by atoms with van der Waals surface area (Å²) in [5, 5.41) is 2.78. The van der Waals surface area contributed by atoms with E-state index >= 15 is 0 Å². The van der Waals surface area contributed by atoms with Gasteiger partial charge in [-0.15, -0.1) is 0 Å². The highest BCUT2D eigenvalue weighted by Gasteiger charge is 2.18. The molecule has 0 spiro atoms. The molecule has 0 atom stereocenters. The van der Waals surface area contributed by atoms with Gasteiger partial charge in [0.2, 0.25) is 15.9 Å². The summed E-state index contributed by atoms with van der Waals surface area (Å²) in [7, 11) is -1.69. The lowest BCUT2D eigenvalue weighted by molar-refractivity contribution is -0.121. The first-order valence-corrected chi connectivity index (χ1v) is 12.8. The van der Waals surface area contributed by atoms with Crippen molar-refractivity contribution >= 4 is 15.9 Å². The minimum atomic E-state index is -3.79. The zero-order valence-electron chi connectivity index (χ0n) is 19.3. The van der Waals surface area contributed by atoms with Crippen LogP contribution in [0.1, 0.15) is 24.8 Å². The Labute approximate surface area is 200 Å². The molecule has 0 bridgehead atoms. The van der Waals surface area contributed by atoms with E-state index in [9.17, 15) is 17.6 Å². The van der Waals surface area contributed by atoms with Crippen molar-refractivity contribution in [2.75, 3.05) is 40.0 Å². The molecule has 1 amide bonds. The third-order valence-electron chi connectivity index (χ3n) is 5.68. The zero-order valence-corrected chi connectivity index (χ0v) is 20.2. The van der Waals surface area contributed by atoms with Crippen molar-refractivity contribution in [1.29, 1.82) is 0 Å². The maximum atomic E-state index is 13.0. The molecule has 1 saturated heterocycles. The minimum absolute atomic E-state index is 0.0187. The number of hydrogen-bond donors (Lipinski definition) is 2. The van der Waals surface area contributed by atoms with Crippen molar-refractivity contribution in [1.82, 2.24) is 14.9 Å². The maximum Gasteiger partial charge on any atom is 0.240 e. The van der Waals surface area contributed by atoms with E-state index in [1.165, 1.54) is 12.1 Å². The highest BCUT2D eigenvalue weighted by Crippen LogP contribution is 2.15. The van der Waals surface area contributed by atoms with Crippen molar-refractivity contribution in [2.45, 2.75) is 36.7 Å². The molecule has 1 heterocycles. The molecule has 0 aromatic heterocycles. The summed E-state index contributed by atoms with van der Waals surface area (Å²) in [4.78, 5) is 14.4. The van der Waals surface area contributed by atoms with Crippen LogP contribution in [0.15, 0.2) is 53.4 Å². The quantitative estimate of drug-likeness (QED) is 0.471. The van der Waals surface area contributed by atoms with E-state index in [0.29, 0.717) is 19.2 Å². The van der Waals surface area contributed by atoms with Crippen molar-refractivity contribution in [3.8, 4) is 5.75 Å². The zero-order chi connectivity index (χ0) is 24.4. The van der Waals surface area contributed by atoms with Crippen LogP contribution in [-0.2, 0) is 26.1 Å². The standard InChI is InChI=1S/C24H32FN3O5S/c1-28(21-10-14-32-15-11-21)13-16-33-22-4-2-3-19(17-22)18-26-24(29)9-12-27-34(30,31)23-7-5-20(25)6-8-23/h2-8,17,21,27H,9-16,18H2,1H3,(H,26,29). The molecule has 0 radical (unpaired) electrons. The maximum absolute atomic E-state index is 13.0. The van der Waals surface area contributed by atoms with Crippen molar-refractivity contribution in [3.63, 3.8) is 0 Å². The van der Waals surface area contributed by atoms with Gasteiger partial charge in [0.15, 0.2) is 0 Å². The number of carbonyl (C=O) groups is 1. The van der Waals surface area contributed by atoms with Crippen molar-refractivity contribution in [3.05, 3.63) is 59.9 Å². The summed E-state index contributed by atoms with van der Waals surface area (Å²) >= 11 is 0. The molecule has 3 rings (SSSR count). The first kappa shape index (κ1) is 26.1. The topological polar surface area (TPSA) is 97.0 Å². The van der Waals surface area contributed by atoms with Crippen LogP contribution >= 0.6 is 0 Å². The molecular formula is C24H32FN3O5S. The van der Waals surface area contributed by atoms with E-state index in [2.05, 4.69) is 22.0 Å². The highest BCUT2D eigenvalue weighted by atomic mass is 32.2. The lowest BCUT2D eigenvalue weighted by Crippen LogP contribution is -2.38. The van der Waals surface area contributed by atoms with Crippen LogP contribution in [0.5, 0.6) is 5.75 Å². The number of halogens is 1. The molecule has 34 heavy (non-hydrogen) atoms. The van der Waals surface area contributed by atoms with Gasteiger partial charge in [-0.05, 0) is 61.9 Å². The second-order valence-corrected chi connectivity index (χ2v) is 9.97. The van der Waals surface area contributed by atoms with Crippen LogP contribution in [0.4, 0.5) is 4.39 Å². The van der Waals surface area contributed by atoms with Crippen LogP contribution < -0.4 is 14.8 Å². The number of likely N-dealkylation sites (N-methyl/N-ethyl adjacent to an activating group) is 1. The molecule has 2 aromatic carbocycles. The molecule has 8 nitrogen and oxygen atoms in total. The number of carbonyl (C=O) groups excluding carboxylic acids is 1. The minimum Gasteiger partial charge on any atom is -0.492 e. The van der Waals surface area contributed by atoms with E-state index in [1.54, 1.807) is 0 Å². The fourth-order valence-electron chi connectivity index (χ4n) is 3.65. The fourth-order valence-corrected chi connectivity index (χ4v) is 4.68. The fraction of sp³-hybridized carbons (Fsp3) is 0.458. The average molecular weight is 494 g/mol. The number of amides is 1. The smallest absolute Gasteiger partial charge is 0.240 e. The van der Waals surface area contributed by atoms with E-state index in [-0.39, 0.29) is 23.8 Å². The van der Waals surface area contributed by atoms with Gasteiger partial charge in [0.1, 0.15) is 18.2 Å². The number of hydrogen-bond acceptors (Lipinski definition) is 6. The monoisotopic (exact) mass is 493 g/mol. The molecule has 10 heteroatoms. The van der Waals surface area contributed by atoms with Crippen LogP contribution in [0, 0.1) is 5.82 Å². The summed E-state index contributed by atoms with van der Waals surface area (Å²) in [6, 6.07) is 12.5. The molecule has 1 aliphatic heterocycles. The normalized spacial score (nSPS) is 14.8. The number of sulfonamides is 1. The molecule has 0 aliphatic carbocycles. The number of rotatable bonds is 12. The van der Waals surface area contributed by atoms with Gasteiger partial charge in [-0.1, -0.05) is 12.1 Å². The molecule has 2 N–H and O–H groups in total. The average Bonchev–Trinajstić information content (AvgIpc) is 2.84. The SMILES string of the molecule is CN(CCOc1cccc(CNC(=O)CCNS(=O)(=O)c2ccc(F)cc2)c1)C1CCOCC1. The Hall–Kier alpha value is -2.53. The summed E-state index contributed by atoms with van der Waals surface area (Å²) in [5.74, 6) is -0.0690.